The molecular formula is C14H21NO4S. The Hall–Kier alpha value is -0.950. The first-order chi connectivity index (χ1) is 9.56. The lowest BCUT2D eigenvalue weighted by Crippen LogP contribution is -2.30. The minimum absolute atomic E-state index is 0.164. The molecule has 1 heterocycles. The Labute approximate surface area is 120 Å². The van der Waals surface area contributed by atoms with Crippen LogP contribution in [-0.4, -0.2) is 33.3 Å². The summed E-state index contributed by atoms with van der Waals surface area (Å²) in [6.07, 6.45) is 1.52. The second-order valence-corrected chi connectivity index (χ2v) is 6.77. The minimum atomic E-state index is -3.54. The van der Waals surface area contributed by atoms with Crippen LogP contribution in [-0.2, 0) is 27.8 Å². The number of ether oxygens (including phenoxy) is 1. The zero-order valence-electron chi connectivity index (χ0n) is 11.6. The topological polar surface area (TPSA) is 75.6 Å². The number of sulfonamides is 1. The maximum absolute atomic E-state index is 12.4. The number of aryl methyl sites for hydroxylation is 1. The smallest absolute Gasteiger partial charge is 0.240 e. The molecule has 1 saturated heterocycles. The lowest BCUT2D eigenvalue weighted by molar-refractivity contribution is 0.186. The number of aliphatic hydroxyl groups is 1. The molecule has 0 saturated carbocycles. The van der Waals surface area contributed by atoms with E-state index in [1.165, 1.54) is 0 Å². The third kappa shape index (κ3) is 3.58. The van der Waals surface area contributed by atoms with Crippen molar-refractivity contribution in [2.24, 2.45) is 5.92 Å². The summed E-state index contributed by atoms with van der Waals surface area (Å²) in [7, 11) is -3.54. The molecule has 1 unspecified atom stereocenters. The molecule has 0 aromatic heterocycles. The van der Waals surface area contributed by atoms with Gasteiger partial charge in [0, 0.05) is 13.2 Å². The SMILES string of the molecule is CCc1ccc(CO)cc1S(=O)(=O)NCC1CCOC1. The summed E-state index contributed by atoms with van der Waals surface area (Å²) in [5.74, 6) is 0.246. The van der Waals surface area contributed by atoms with E-state index in [9.17, 15) is 8.42 Å². The van der Waals surface area contributed by atoms with Gasteiger partial charge in [-0.05, 0) is 36.0 Å². The molecule has 2 rings (SSSR count). The maximum Gasteiger partial charge on any atom is 0.240 e. The van der Waals surface area contributed by atoms with E-state index in [-0.39, 0.29) is 17.4 Å². The van der Waals surface area contributed by atoms with Gasteiger partial charge in [0.2, 0.25) is 10.0 Å². The van der Waals surface area contributed by atoms with E-state index in [4.69, 9.17) is 9.84 Å². The number of benzene rings is 1. The molecule has 0 radical (unpaired) electrons. The number of hydrogen-bond donors (Lipinski definition) is 2. The van der Waals surface area contributed by atoms with Crippen molar-refractivity contribution in [3.63, 3.8) is 0 Å². The molecular weight excluding hydrogens is 278 g/mol. The average Bonchev–Trinajstić information content (AvgIpc) is 2.98. The van der Waals surface area contributed by atoms with Gasteiger partial charge in [-0.3, -0.25) is 0 Å². The minimum Gasteiger partial charge on any atom is -0.392 e. The van der Waals surface area contributed by atoms with Crippen molar-refractivity contribution in [1.82, 2.24) is 4.72 Å². The normalized spacial score (nSPS) is 19.4. The zero-order chi connectivity index (χ0) is 14.6. The molecule has 112 valence electrons. The third-order valence-electron chi connectivity index (χ3n) is 3.57. The Morgan fingerprint density at radius 3 is 2.85 bits per heavy atom. The molecule has 1 atom stereocenters. The first-order valence-electron chi connectivity index (χ1n) is 6.87. The first kappa shape index (κ1) is 15.4. The van der Waals surface area contributed by atoms with Crippen LogP contribution in [0.5, 0.6) is 0 Å². The third-order valence-corrected chi connectivity index (χ3v) is 5.08. The average molecular weight is 299 g/mol. The van der Waals surface area contributed by atoms with Crippen LogP contribution in [0.2, 0.25) is 0 Å². The Morgan fingerprint density at radius 2 is 2.25 bits per heavy atom. The number of aliphatic hydroxyl groups excluding tert-OH is 1. The molecule has 0 aliphatic carbocycles. The van der Waals surface area contributed by atoms with Crippen LogP contribution < -0.4 is 4.72 Å². The monoisotopic (exact) mass is 299 g/mol. The second-order valence-electron chi connectivity index (χ2n) is 5.04. The van der Waals surface area contributed by atoms with Gasteiger partial charge in [0.05, 0.1) is 18.1 Å². The van der Waals surface area contributed by atoms with Crippen molar-refractivity contribution < 1.29 is 18.3 Å². The molecule has 20 heavy (non-hydrogen) atoms. The van der Waals surface area contributed by atoms with Gasteiger partial charge >= 0.3 is 0 Å². The fourth-order valence-corrected chi connectivity index (χ4v) is 3.76. The van der Waals surface area contributed by atoms with Gasteiger partial charge in [-0.1, -0.05) is 19.1 Å². The van der Waals surface area contributed by atoms with E-state index in [0.717, 1.165) is 12.0 Å². The molecule has 0 spiro atoms. The van der Waals surface area contributed by atoms with Crippen LogP contribution in [0.1, 0.15) is 24.5 Å². The summed E-state index contributed by atoms with van der Waals surface area (Å²) in [6, 6.07) is 5.06. The molecule has 1 aliphatic heterocycles. The van der Waals surface area contributed by atoms with Gasteiger partial charge in [-0.2, -0.15) is 0 Å². The molecule has 1 aromatic carbocycles. The van der Waals surface area contributed by atoms with Crippen LogP contribution >= 0.6 is 0 Å². The van der Waals surface area contributed by atoms with E-state index in [2.05, 4.69) is 4.72 Å². The summed E-state index contributed by atoms with van der Waals surface area (Å²) in [5.41, 5.74) is 1.36. The summed E-state index contributed by atoms with van der Waals surface area (Å²) < 4.78 is 32.7. The molecule has 5 nitrogen and oxygen atoms in total. The molecule has 0 amide bonds. The second kappa shape index (κ2) is 6.67. The number of hydrogen-bond acceptors (Lipinski definition) is 4. The molecule has 0 bridgehead atoms. The summed E-state index contributed by atoms with van der Waals surface area (Å²) in [4.78, 5) is 0.269. The predicted octanol–water partition coefficient (Wildman–Crippen LogP) is 1.06. The fraction of sp³-hybridized carbons (Fsp3) is 0.571. The van der Waals surface area contributed by atoms with Gasteiger partial charge in [-0.15, -0.1) is 0 Å². The van der Waals surface area contributed by atoms with Gasteiger partial charge in [0.25, 0.3) is 0 Å². The van der Waals surface area contributed by atoms with Crippen LogP contribution in [0.15, 0.2) is 23.1 Å². The standard InChI is InChI=1S/C14H21NO4S/c1-2-13-4-3-11(9-16)7-14(13)20(17,18)15-8-12-5-6-19-10-12/h3-4,7,12,15-16H,2,5-6,8-10H2,1H3. The lowest BCUT2D eigenvalue weighted by Gasteiger charge is -2.14. The summed E-state index contributed by atoms with van der Waals surface area (Å²) >= 11 is 0. The largest absolute Gasteiger partial charge is 0.392 e. The highest BCUT2D eigenvalue weighted by molar-refractivity contribution is 7.89. The van der Waals surface area contributed by atoms with E-state index in [1.807, 2.05) is 6.92 Å². The highest BCUT2D eigenvalue weighted by Crippen LogP contribution is 2.19. The quantitative estimate of drug-likeness (QED) is 0.823. The van der Waals surface area contributed by atoms with Crippen molar-refractivity contribution in [2.75, 3.05) is 19.8 Å². The van der Waals surface area contributed by atoms with Crippen molar-refractivity contribution in [3.05, 3.63) is 29.3 Å². The van der Waals surface area contributed by atoms with Crippen molar-refractivity contribution in [2.45, 2.75) is 31.3 Å². The molecule has 6 heteroatoms. The van der Waals surface area contributed by atoms with Crippen LogP contribution in [0.3, 0.4) is 0 Å². The molecule has 2 N–H and O–H groups in total. The van der Waals surface area contributed by atoms with Crippen LogP contribution in [0, 0.1) is 5.92 Å². The van der Waals surface area contributed by atoms with Crippen molar-refractivity contribution >= 4 is 10.0 Å². The number of rotatable bonds is 6. The molecule has 1 aliphatic rings. The predicted molar refractivity (Wildman–Crippen MR) is 75.9 cm³/mol. The Bertz CT molecular complexity index is 550. The van der Waals surface area contributed by atoms with E-state index < -0.39 is 10.0 Å². The first-order valence-corrected chi connectivity index (χ1v) is 8.35. The van der Waals surface area contributed by atoms with Gasteiger partial charge in [-0.25, -0.2) is 13.1 Å². The Balaban J connectivity index is 2.18. The summed E-state index contributed by atoms with van der Waals surface area (Å²) in [5, 5.41) is 9.16. The molecule has 1 aromatic rings. The highest BCUT2D eigenvalue weighted by atomic mass is 32.2. The van der Waals surface area contributed by atoms with E-state index in [0.29, 0.717) is 31.7 Å². The highest BCUT2D eigenvalue weighted by Gasteiger charge is 2.22. The van der Waals surface area contributed by atoms with Crippen LogP contribution in [0.25, 0.3) is 0 Å². The Morgan fingerprint density at radius 1 is 1.45 bits per heavy atom. The van der Waals surface area contributed by atoms with Gasteiger partial charge in [0.1, 0.15) is 0 Å². The van der Waals surface area contributed by atoms with Gasteiger partial charge < -0.3 is 9.84 Å². The lowest BCUT2D eigenvalue weighted by atomic mass is 10.1. The fourth-order valence-electron chi connectivity index (χ4n) is 2.29. The van der Waals surface area contributed by atoms with Crippen LogP contribution in [0.4, 0.5) is 0 Å². The number of nitrogens with one attached hydrogen (secondary N) is 1. The van der Waals surface area contributed by atoms with E-state index >= 15 is 0 Å². The maximum atomic E-state index is 12.4. The Kier molecular flexibility index (Phi) is 5.15. The zero-order valence-corrected chi connectivity index (χ0v) is 12.4. The summed E-state index contributed by atoms with van der Waals surface area (Å²) in [6.45, 7) is 3.46. The van der Waals surface area contributed by atoms with E-state index in [1.54, 1.807) is 18.2 Å². The molecule has 1 fully saturated rings. The van der Waals surface area contributed by atoms with Crippen molar-refractivity contribution in [1.29, 1.82) is 0 Å². The van der Waals surface area contributed by atoms with Gasteiger partial charge in [0.15, 0.2) is 0 Å². The van der Waals surface area contributed by atoms with Crippen molar-refractivity contribution in [3.8, 4) is 0 Å².